The van der Waals surface area contributed by atoms with E-state index in [1.807, 2.05) is 0 Å². The number of carbonyl (C=O) groups is 5. The van der Waals surface area contributed by atoms with Gasteiger partial charge in [0.15, 0.2) is 24.5 Å². The molecule has 10 heteroatoms. The van der Waals surface area contributed by atoms with Crippen LogP contribution in [0, 0.1) is 6.92 Å². The molecule has 2 aliphatic rings. The second-order valence-corrected chi connectivity index (χ2v) is 7.48. The summed E-state index contributed by atoms with van der Waals surface area (Å²) in [6, 6.07) is 4.88. The third-order valence-electron chi connectivity index (χ3n) is 4.98. The molecule has 166 valence electrons. The maximum Gasteiger partial charge on any atom is 0.303 e. The molecule has 0 N–H and O–H groups in total. The molecular weight excluding hydrogens is 410 g/mol. The number of nitrogens with zero attached hydrogens (tertiary/aromatic N) is 1. The van der Waals surface area contributed by atoms with Gasteiger partial charge in [-0.2, -0.15) is 0 Å². The van der Waals surface area contributed by atoms with Crippen molar-refractivity contribution in [2.75, 3.05) is 4.90 Å². The number of benzene rings is 1. The molecule has 1 aromatic carbocycles. The van der Waals surface area contributed by atoms with Crippen molar-refractivity contribution < 1.29 is 42.9 Å². The fourth-order valence-corrected chi connectivity index (χ4v) is 3.82. The van der Waals surface area contributed by atoms with E-state index in [4.69, 9.17) is 18.9 Å². The first kappa shape index (κ1) is 22.4. The molecule has 1 aromatic rings. The molecule has 2 heterocycles. The Hall–Kier alpha value is -3.27. The minimum atomic E-state index is -1.36. The number of esters is 3. The summed E-state index contributed by atoms with van der Waals surface area (Å²) in [5, 5.41) is 0. The second-order valence-electron chi connectivity index (χ2n) is 7.48. The number of aryl methyl sites for hydroxylation is 1. The Balaban J connectivity index is 2.09. The summed E-state index contributed by atoms with van der Waals surface area (Å²) >= 11 is 0. The number of hydrogen-bond donors (Lipinski definition) is 0. The van der Waals surface area contributed by atoms with Crippen molar-refractivity contribution in [1.29, 1.82) is 0 Å². The van der Waals surface area contributed by atoms with Crippen LogP contribution < -0.4 is 4.90 Å². The van der Waals surface area contributed by atoms with Crippen molar-refractivity contribution in [2.45, 2.75) is 65.3 Å². The first-order valence-electron chi connectivity index (χ1n) is 9.67. The number of anilines is 1. The molecule has 0 aromatic heterocycles. The van der Waals surface area contributed by atoms with E-state index in [0.717, 1.165) is 24.3 Å². The van der Waals surface area contributed by atoms with Gasteiger partial charge in [-0.15, -0.1) is 0 Å². The van der Waals surface area contributed by atoms with Gasteiger partial charge in [0.05, 0.1) is 17.4 Å². The van der Waals surface area contributed by atoms with E-state index in [0.29, 0.717) is 0 Å². The average molecular weight is 433 g/mol. The van der Waals surface area contributed by atoms with Crippen LogP contribution in [0.4, 0.5) is 5.69 Å². The highest BCUT2D eigenvalue weighted by Crippen LogP contribution is 2.37. The molecule has 0 spiro atoms. The van der Waals surface area contributed by atoms with Crippen LogP contribution in [0.3, 0.4) is 0 Å². The summed E-state index contributed by atoms with van der Waals surface area (Å²) in [4.78, 5) is 61.8. The Morgan fingerprint density at radius 1 is 0.903 bits per heavy atom. The predicted octanol–water partition coefficient (Wildman–Crippen LogP) is 1.06. The van der Waals surface area contributed by atoms with Crippen molar-refractivity contribution >= 4 is 35.3 Å². The number of ketones is 1. The van der Waals surface area contributed by atoms with Gasteiger partial charge >= 0.3 is 23.8 Å². The van der Waals surface area contributed by atoms with Gasteiger partial charge < -0.3 is 18.9 Å². The van der Waals surface area contributed by atoms with Crippen LogP contribution in [-0.2, 0) is 38.1 Å². The zero-order chi connectivity index (χ0) is 23.0. The number of hydrogen-bond acceptors (Lipinski definition) is 9. The Kier molecular flexibility index (Phi) is 6.12. The minimum Gasteiger partial charge on any atom is -0.456 e. The van der Waals surface area contributed by atoms with Crippen molar-refractivity contribution in [3.05, 3.63) is 29.3 Å². The monoisotopic (exact) mass is 433 g/mol. The Bertz CT molecular complexity index is 956. The molecule has 3 rings (SSSR count). The number of amides is 1. The van der Waals surface area contributed by atoms with E-state index >= 15 is 0 Å². The van der Waals surface area contributed by atoms with Crippen LogP contribution in [0.25, 0.3) is 0 Å². The summed E-state index contributed by atoms with van der Waals surface area (Å²) in [7, 11) is 0. The van der Waals surface area contributed by atoms with Crippen molar-refractivity contribution in [3.63, 3.8) is 0 Å². The number of ether oxygens (including phenoxy) is 4. The molecule has 10 nitrogen and oxygen atoms in total. The van der Waals surface area contributed by atoms with Crippen LogP contribution in [-0.4, -0.2) is 60.2 Å². The lowest BCUT2D eigenvalue weighted by atomic mass is 9.97. The zero-order valence-electron chi connectivity index (χ0n) is 17.7. The maximum atomic E-state index is 12.9. The van der Waals surface area contributed by atoms with Gasteiger partial charge in [-0.25, -0.2) is 0 Å². The first-order chi connectivity index (χ1) is 14.5. The molecule has 0 unspecified atom stereocenters. The molecule has 0 bridgehead atoms. The highest BCUT2D eigenvalue weighted by molar-refractivity contribution is 6.52. The van der Waals surface area contributed by atoms with Crippen molar-refractivity contribution in [3.8, 4) is 0 Å². The summed E-state index contributed by atoms with van der Waals surface area (Å²) in [6.45, 7) is 6.79. The van der Waals surface area contributed by atoms with E-state index in [2.05, 4.69) is 0 Å². The van der Waals surface area contributed by atoms with E-state index in [-0.39, 0.29) is 11.3 Å². The predicted molar refractivity (Wildman–Crippen MR) is 104 cm³/mol. The lowest BCUT2D eigenvalue weighted by Gasteiger charge is -2.46. The van der Waals surface area contributed by atoms with E-state index < -0.39 is 60.2 Å². The largest absolute Gasteiger partial charge is 0.456 e. The van der Waals surface area contributed by atoms with Gasteiger partial charge in [-0.1, -0.05) is 11.6 Å². The van der Waals surface area contributed by atoms with E-state index in [1.54, 1.807) is 32.0 Å². The molecule has 1 amide bonds. The van der Waals surface area contributed by atoms with Crippen molar-refractivity contribution in [1.82, 2.24) is 0 Å². The van der Waals surface area contributed by atoms with Gasteiger partial charge in [-0.05, 0) is 26.0 Å². The lowest BCUT2D eigenvalue weighted by molar-refractivity contribution is -0.242. The molecule has 1 saturated heterocycles. The molecule has 5 atom stereocenters. The Morgan fingerprint density at radius 3 is 2.03 bits per heavy atom. The zero-order valence-corrected chi connectivity index (χ0v) is 17.7. The summed E-state index contributed by atoms with van der Waals surface area (Å²) in [6.07, 6.45) is -5.88. The van der Waals surface area contributed by atoms with E-state index in [1.165, 1.54) is 6.92 Å². The lowest BCUT2D eigenvalue weighted by Crippen LogP contribution is -2.65. The normalized spacial score (nSPS) is 27.5. The Labute approximate surface area is 178 Å². The van der Waals surface area contributed by atoms with Gasteiger partial charge in [-0.3, -0.25) is 28.9 Å². The van der Waals surface area contributed by atoms with Crippen LogP contribution >= 0.6 is 0 Å². The van der Waals surface area contributed by atoms with Crippen molar-refractivity contribution in [2.24, 2.45) is 0 Å². The first-order valence-corrected chi connectivity index (χ1v) is 9.67. The molecular formula is C21H23NO9. The standard InChI is InChI=1S/C21H23NO9/c1-9-6-7-15-14(8-9)16(26)20(27)22(15)21-19(31-13(5)25)18(30-12(4)24)17(10(2)28-21)29-11(3)23/h6-8,10,17-19,21H,1-5H3/t10-,17-,18+,19+,21-/m0/s1. The van der Waals surface area contributed by atoms with Gasteiger partial charge in [0.2, 0.25) is 0 Å². The topological polar surface area (TPSA) is 126 Å². The highest BCUT2D eigenvalue weighted by Gasteiger charge is 2.55. The van der Waals surface area contributed by atoms with E-state index in [9.17, 15) is 24.0 Å². The second kappa shape index (κ2) is 8.46. The third kappa shape index (κ3) is 4.29. The minimum absolute atomic E-state index is 0.189. The summed E-state index contributed by atoms with van der Waals surface area (Å²) < 4.78 is 21.9. The number of rotatable bonds is 4. The van der Waals surface area contributed by atoms with Crippen LogP contribution in [0.1, 0.15) is 43.6 Å². The molecule has 1 fully saturated rings. The van der Waals surface area contributed by atoms with Gasteiger partial charge in [0.25, 0.3) is 5.78 Å². The summed E-state index contributed by atoms with van der Waals surface area (Å²) in [5.74, 6) is -3.73. The average Bonchev–Trinajstić information content (AvgIpc) is 2.90. The summed E-state index contributed by atoms with van der Waals surface area (Å²) in [5.41, 5.74) is 1.25. The van der Waals surface area contributed by atoms with Gasteiger partial charge in [0.1, 0.15) is 0 Å². The molecule has 2 aliphatic heterocycles. The SMILES string of the molecule is CC(=O)O[C@@H]1[C@@H](OC(C)=O)[C@H](C)O[C@H](N2C(=O)C(=O)c3cc(C)ccc32)[C@@H]1OC(C)=O. The smallest absolute Gasteiger partial charge is 0.303 e. The highest BCUT2D eigenvalue weighted by atomic mass is 16.7. The third-order valence-corrected chi connectivity index (χ3v) is 4.98. The number of Topliss-reactive ketones (excluding diaryl/α,β-unsaturated/α-hetero) is 1. The Morgan fingerprint density at radius 2 is 1.45 bits per heavy atom. The fourth-order valence-electron chi connectivity index (χ4n) is 3.82. The molecule has 31 heavy (non-hydrogen) atoms. The van der Waals surface area contributed by atoms with Crippen LogP contribution in [0.15, 0.2) is 18.2 Å². The fraction of sp³-hybridized carbons (Fsp3) is 0.476. The quantitative estimate of drug-likeness (QED) is 0.389. The van der Waals surface area contributed by atoms with Crippen LogP contribution in [0.5, 0.6) is 0 Å². The number of fused-ring (bicyclic) bond motifs is 1. The van der Waals surface area contributed by atoms with Crippen LogP contribution in [0.2, 0.25) is 0 Å². The molecule has 0 aliphatic carbocycles. The molecule has 0 saturated carbocycles. The molecule has 0 radical (unpaired) electrons. The maximum absolute atomic E-state index is 12.9. The number of carbonyl (C=O) groups excluding carboxylic acids is 5. The van der Waals surface area contributed by atoms with Gasteiger partial charge in [0, 0.05) is 20.8 Å².